The highest BCUT2D eigenvalue weighted by Crippen LogP contribution is 2.14. The summed E-state index contributed by atoms with van der Waals surface area (Å²) in [6, 6.07) is 8.53. The van der Waals surface area contributed by atoms with Crippen molar-refractivity contribution >= 4 is 29.9 Å². The lowest BCUT2D eigenvalue weighted by atomic mass is 10.0. The van der Waals surface area contributed by atoms with Gasteiger partial charge < -0.3 is 24.8 Å². The summed E-state index contributed by atoms with van der Waals surface area (Å²) in [6.07, 6.45) is 3.54. The molecule has 2 N–H and O–H groups in total. The number of hydrogen-bond donors (Lipinski definition) is 2. The first-order valence-corrected chi connectivity index (χ1v) is 11.0. The molecular weight excluding hydrogens is 493 g/mol. The SMILES string of the molecule is CCOC(CCNC(=NC)NCc1cccc(COC2CCOCC2)c1)C(C)C.I. The Labute approximate surface area is 199 Å². The van der Waals surface area contributed by atoms with Crippen LogP contribution in [0.3, 0.4) is 0 Å². The van der Waals surface area contributed by atoms with Crippen molar-refractivity contribution in [3.8, 4) is 0 Å². The number of benzene rings is 1. The van der Waals surface area contributed by atoms with Crippen molar-refractivity contribution in [2.24, 2.45) is 10.9 Å². The number of halogens is 1. The molecule has 7 heteroatoms. The Morgan fingerprint density at radius 3 is 2.60 bits per heavy atom. The lowest BCUT2D eigenvalue weighted by Crippen LogP contribution is -2.38. The largest absolute Gasteiger partial charge is 0.381 e. The zero-order valence-electron chi connectivity index (χ0n) is 19.0. The lowest BCUT2D eigenvalue weighted by molar-refractivity contribution is -0.0390. The summed E-state index contributed by atoms with van der Waals surface area (Å²) in [4.78, 5) is 4.33. The van der Waals surface area contributed by atoms with Crippen molar-refractivity contribution in [2.75, 3.05) is 33.4 Å². The standard InChI is InChI=1S/C23H39N3O3.HI/c1-5-28-22(18(2)3)9-12-25-23(24-4)26-16-19-7-6-8-20(15-19)17-29-21-10-13-27-14-11-21;/h6-8,15,18,21-22H,5,9-14,16-17H2,1-4H3,(H2,24,25,26);1H. The number of rotatable bonds is 11. The maximum Gasteiger partial charge on any atom is 0.191 e. The number of hydrogen-bond acceptors (Lipinski definition) is 4. The smallest absolute Gasteiger partial charge is 0.191 e. The fourth-order valence-corrected chi connectivity index (χ4v) is 3.45. The maximum absolute atomic E-state index is 6.04. The number of nitrogens with one attached hydrogen (secondary N) is 2. The van der Waals surface area contributed by atoms with Gasteiger partial charge in [-0.1, -0.05) is 38.1 Å². The predicted molar refractivity (Wildman–Crippen MR) is 134 cm³/mol. The van der Waals surface area contributed by atoms with Crippen molar-refractivity contribution in [1.29, 1.82) is 0 Å². The zero-order valence-corrected chi connectivity index (χ0v) is 21.3. The molecule has 0 bridgehead atoms. The van der Waals surface area contributed by atoms with Gasteiger partial charge in [0.15, 0.2) is 5.96 Å². The maximum atomic E-state index is 6.04. The highest BCUT2D eigenvalue weighted by atomic mass is 127. The molecule has 0 spiro atoms. The molecule has 0 saturated carbocycles. The average Bonchev–Trinajstić information content (AvgIpc) is 2.74. The topological polar surface area (TPSA) is 64.1 Å². The van der Waals surface area contributed by atoms with Crippen LogP contribution in [0.4, 0.5) is 0 Å². The Morgan fingerprint density at radius 1 is 1.20 bits per heavy atom. The zero-order chi connectivity index (χ0) is 20.9. The number of aliphatic imine (C=N–C) groups is 1. The van der Waals surface area contributed by atoms with E-state index in [0.29, 0.717) is 18.6 Å². The van der Waals surface area contributed by atoms with Crippen LogP contribution in [-0.2, 0) is 27.4 Å². The molecule has 1 heterocycles. The van der Waals surface area contributed by atoms with Gasteiger partial charge >= 0.3 is 0 Å². The van der Waals surface area contributed by atoms with Crippen molar-refractivity contribution in [3.63, 3.8) is 0 Å². The van der Waals surface area contributed by atoms with Crippen LogP contribution >= 0.6 is 24.0 Å². The molecule has 1 saturated heterocycles. The summed E-state index contributed by atoms with van der Waals surface area (Å²) < 4.78 is 17.2. The van der Waals surface area contributed by atoms with Crippen LogP contribution < -0.4 is 10.6 Å². The van der Waals surface area contributed by atoms with Crippen LogP contribution in [0.1, 0.15) is 51.2 Å². The molecule has 0 aliphatic carbocycles. The van der Waals surface area contributed by atoms with Crippen LogP contribution in [0, 0.1) is 5.92 Å². The molecule has 30 heavy (non-hydrogen) atoms. The van der Waals surface area contributed by atoms with Crippen molar-refractivity contribution in [3.05, 3.63) is 35.4 Å². The Hall–Kier alpha value is -0.900. The highest BCUT2D eigenvalue weighted by molar-refractivity contribution is 14.0. The molecule has 6 nitrogen and oxygen atoms in total. The van der Waals surface area contributed by atoms with Crippen LogP contribution in [0.5, 0.6) is 0 Å². The van der Waals surface area contributed by atoms with E-state index in [1.54, 1.807) is 7.05 Å². The summed E-state index contributed by atoms with van der Waals surface area (Å²) in [5, 5.41) is 6.78. The second-order valence-electron chi connectivity index (χ2n) is 7.82. The van der Waals surface area contributed by atoms with E-state index in [0.717, 1.165) is 58.1 Å². The van der Waals surface area contributed by atoms with Gasteiger partial charge in [0, 0.05) is 40.0 Å². The van der Waals surface area contributed by atoms with Gasteiger partial charge in [-0.15, -0.1) is 24.0 Å². The molecular formula is C23H40IN3O3. The number of nitrogens with zero attached hydrogens (tertiary/aromatic N) is 1. The summed E-state index contributed by atoms with van der Waals surface area (Å²) in [5.74, 6) is 1.32. The van der Waals surface area contributed by atoms with Gasteiger partial charge in [0.2, 0.25) is 0 Å². The van der Waals surface area contributed by atoms with Gasteiger partial charge in [-0.3, -0.25) is 4.99 Å². The van der Waals surface area contributed by atoms with Crippen molar-refractivity contribution in [2.45, 2.75) is 65.4 Å². The summed E-state index contributed by atoms with van der Waals surface area (Å²) in [7, 11) is 1.80. The first-order chi connectivity index (χ1) is 14.1. The Morgan fingerprint density at radius 2 is 1.93 bits per heavy atom. The monoisotopic (exact) mass is 533 g/mol. The molecule has 0 amide bonds. The molecule has 1 fully saturated rings. The minimum absolute atomic E-state index is 0. The Bertz CT molecular complexity index is 607. The van der Waals surface area contributed by atoms with Gasteiger partial charge in [-0.25, -0.2) is 0 Å². The second-order valence-corrected chi connectivity index (χ2v) is 7.82. The molecule has 2 rings (SSSR count). The van der Waals surface area contributed by atoms with Gasteiger partial charge in [0.1, 0.15) is 0 Å². The molecule has 1 aliphatic rings. The van der Waals surface area contributed by atoms with Crippen LogP contribution in [0.25, 0.3) is 0 Å². The molecule has 1 aliphatic heterocycles. The van der Waals surface area contributed by atoms with Crippen molar-refractivity contribution in [1.82, 2.24) is 10.6 Å². The second kappa shape index (κ2) is 15.8. The Balaban J connectivity index is 0.00000450. The lowest BCUT2D eigenvalue weighted by Gasteiger charge is -2.22. The van der Waals surface area contributed by atoms with Crippen LogP contribution in [0.15, 0.2) is 29.3 Å². The van der Waals surface area contributed by atoms with E-state index < -0.39 is 0 Å². The average molecular weight is 533 g/mol. The van der Waals surface area contributed by atoms with Gasteiger partial charge in [0.25, 0.3) is 0 Å². The summed E-state index contributed by atoms with van der Waals surface area (Å²) in [6.45, 7) is 11.0. The molecule has 1 aromatic rings. The van der Waals surface area contributed by atoms with E-state index >= 15 is 0 Å². The molecule has 1 atom stereocenters. The number of guanidine groups is 1. The van der Waals surface area contributed by atoms with E-state index in [4.69, 9.17) is 14.2 Å². The summed E-state index contributed by atoms with van der Waals surface area (Å²) in [5.41, 5.74) is 2.42. The molecule has 1 unspecified atom stereocenters. The Kier molecular flexibility index (Phi) is 14.3. The van der Waals surface area contributed by atoms with Crippen LogP contribution in [-0.4, -0.2) is 51.6 Å². The third-order valence-corrected chi connectivity index (χ3v) is 5.17. The molecule has 172 valence electrons. The minimum Gasteiger partial charge on any atom is -0.381 e. The van der Waals surface area contributed by atoms with E-state index in [1.165, 1.54) is 11.1 Å². The highest BCUT2D eigenvalue weighted by Gasteiger charge is 2.14. The summed E-state index contributed by atoms with van der Waals surface area (Å²) >= 11 is 0. The quantitative estimate of drug-likeness (QED) is 0.255. The first kappa shape index (κ1) is 27.1. The molecule has 0 radical (unpaired) electrons. The van der Waals surface area contributed by atoms with Crippen LogP contribution in [0.2, 0.25) is 0 Å². The molecule has 0 aromatic heterocycles. The van der Waals surface area contributed by atoms with Gasteiger partial charge in [-0.05, 0) is 43.2 Å². The first-order valence-electron chi connectivity index (χ1n) is 11.0. The van der Waals surface area contributed by atoms with Gasteiger partial charge in [0.05, 0.1) is 18.8 Å². The predicted octanol–water partition coefficient (Wildman–Crippen LogP) is 4.12. The van der Waals surface area contributed by atoms with E-state index in [-0.39, 0.29) is 30.1 Å². The van der Waals surface area contributed by atoms with Gasteiger partial charge in [-0.2, -0.15) is 0 Å². The van der Waals surface area contributed by atoms with Crippen molar-refractivity contribution < 1.29 is 14.2 Å². The normalized spacial score (nSPS) is 16.2. The number of ether oxygens (including phenoxy) is 3. The minimum atomic E-state index is 0. The third-order valence-electron chi connectivity index (χ3n) is 5.17. The fourth-order valence-electron chi connectivity index (χ4n) is 3.45. The van der Waals surface area contributed by atoms with E-state index in [2.05, 4.69) is 53.7 Å². The molecule has 1 aromatic carbocycles. The van der Waals surface area contributed by atoms with E-state index in [9.17, 15) is 0 Å². The third kappa shape index (κ3) is 10.4. The fraction of sp³-hybridized carbons (Fsp3) is 0.696. The van der Waals surface area contributed by atoms with E-state index in [1.807, 2.05) is 6.92 Å².